The zero-order valence-corrected chi connectivity index (χ0v) is 32.9. The number of para-hydroxylation sites is 1. The Morgan fingerprint density at radius 3 is 2.14 bits per heavy atom. The summed E-state index contributed by atoms with van der Waals surface area (Å²) in [6, 6.07) is 27.2. The predicted octanol–water partition coefficient (Wildman–Crippen LogP) is 12.8. The second-order valence-electron chi connectivity index (χ2n) is 14.0. The van der Waals surface area contributed by atoms with Gasteiger partial charge >= 0.3 is 0 Å². The largest absolute Gasteiger partial charge is 0.512 e. The number of benzene rings is 4. The molecule has 0 amide bonds. The van der Waals surface area contributed by atoms with E-state index in [1.807, 2.05) is 53.8 Å². The van der Waals surface area contributed by atoms with Crippen molar-refractivity contribution in [3.05, 3.63) is 102 Å². The number of aryl methyl sites for hydroxylation is 1. The molecule has 259 valence electrons. The van der Waals surface area contributed by atoms with Gasteiger partial charge in [0.15, 0.2) is 5.78 Å². The number of aliphatic hydroxyl groups excluding tert-OH is 1. The first kappa shape index (κ1) is 38.0. The van der Waals surface area contributed by atoms with Gasteiger partial charge in [0.05, 0.1) is 0 Å². The van der Waals surface area contributed by atoms with E-state index in [1.165, 1.54) is 27.8 Å². The Labute approximate surface area is 305 Å². The summed E-state index contributed by atoms with van der Waals surface area (Å²) < 4.78 is 6.37. The Kier molecular flexibility index (Phi) is 11.9. The van der Waals surface area contributed by atoms with Gasteiger partial charge in [-0.1, -0.05) is 115 Å². The summed E-state index contributed by atoms with van der Waals surface area (Å²) in [5.41, 5.74) is 5.44. The number of aromatic nitrogens is 1. The first-order valence-electron chi connectivity index (χ1n) is 17.5. The molecule has 5 heteroatoms. The molecule has 0 aliphatic heterocycles. The van der Waals surface area contributed by atoms with Gasteiger partial charge in [-0.3, -0.25) is 9.78 Å². The number of rotatable bonds is 9. The Morgan fingerprint density at radius 2 is 1.49 bits per heavy atom. The minimum absolute atomic E-state index is 0. The number of aliphatic hydroxyl groups is 1. The van der Waals surface area contributed by atoms with Crippen LogP contribution in [0.1, 0.15) is 98.1 Å². The van der Waals surface area contributed by atoms with E-state index < -0.39 is 0 Å². The Balaban J connectivity index is 0.000000260. The van der Waals surface area contributed by atoms with Crippen LogP contribution in [0.25, 0.3) is 54.7 Å². The smallest absolute Gasteiger partial charge is 0.164 e. The van der Waals surface area contributed by atoms with E-state index in [9.17, 15) is 9.90 Å². The maximum Gasteiger partial charge on any atom is 0.164 e. The molecule has 2 aromatic heterocycles. The molecular formula is C44H50IrNO3-. The summed E-state index contributed by atoms with van der Waals surface area (Å²) in [5, 5.41) is 17.3. The van der Waals surface area contributed by atoms with E-state index >= 15 is 0 Å². The van der Waals surface area contributed by atoms with Crippen LogP contribution in [0.5, 0.6) is 0 Å². The van der Waals surface area contributed by atoms with Gasteiger partial charge in [0.25, 0.3) is 0 Å². The molecule has 6 rings (SSSR count). The summed E-state index contributed by atoms with van der Waals surface area (Å²) in [6.07, 6.45) is 6.63. The van der Waals surface area contributed by atoms with E-state index in [1.54, 1.807) is 0 Å². The summed E-state index contributed by atoms with van der Waals surface area (Å²) in [5.74, 6) is 0.660. The quantitative estimate of drug-likeness (QED) is 0.0682. The molecule has 2 heterocycles. The van der Waals surface area contributed by atoms with E-state index in [-0.39, 0.29) is 42.5 Å². The van der Waals surface area contributed by atoms with Gasteiger partial charge < -0.3 is 9.52 Å². The molecule has 0 unspecified atom stereocenters. The van der Waals surface area contributed by atoms with Crippen molar-refractivity contribution < 1.29 is 34.4 Å². The van der Waals surface area contributed by atoms with Crippen LogP contribution in [0, 0.1) is 23.8 Å². The van der Waals surface area contributed by atoms with Crippen molar-refractivity contribution in [1.29, 1.82) is 0 Å². The van der Waals surface area contributed by atoms with Gasteiger partial charge in [0, 0.05) is 59.7 Å². The van der Waals surface area contributed by atoms with Crippen LogP contribution in [-0.4, -0.2) is 15.9 Å². The first-order chi connectivity index (χ1) is 22.9. The molecule has 4 nitrogen and oxygen atoms in total. The average molecular weight is 833 g/mol. The number of furan rings is 1. The minimum Gasteiger partial charge on any atom is -0.512 e. The van der Waals surface area contributed by atoms with Gasteiger partial charge in [-0.15, -0.1) is 29.1 Å². The zero-order chi connectivity index (χ0) is 34.8. The number of hydrogen-bond donors (Lipinski definition) is 1. The van der Waals surface area contributed by atoms with Crippen molar-refractivity contribution in [1.82, 2.24) is 4.98 Å². The van der Waals surface area contributed by atoms with Crippen molar-refractivity contribution in [3.8, 4) is 11.3 Å². The third kappa shape index (κ3) is 7.25. The SMILES string of the molecule is CCC(C)(CC)C(=O)/C=C(\O)C(C)(CC)CC.Cc1cccc2c1oc1c(-c3[c-]c4ccc5ccccc5c4c(C(C)C)c3)nccc12.[Ir]. The second kappa shape index (κ2) is 15.4. The topological polar surface area (TPSA) is 63.3 Å². The normalized spacial score (nSPS) is 12.4. The summed E-state index contributed by atoms with van der Waals surface area (Å²) in [4.78, 5) is 16.9. The molecular weight excluding hydrogens is 783 g/mol. The van der Waals surface area contributed by atoms with Crippen LogP contribution in [0.15, 0.2) is 89.2 Å². The Hall–Kier alpha value is -3.79. The van der Waals surface area contributed by atoms with Crippen molar-refractivity contribution in [2.24, 2.45) is 10.8 Å². The summed E-state index contributed by atoms with van der Waals surface area (Å²) in [6.45, 7) is 18.7. The number of hydrogen-bond acceptors (Lipinski definition) is 4. The number of carbonyl (C=O) groups excluding carboxylic acids is 1. The number of nitrogens with zero attached hydrogens (tertiary/aromatic N) is 1. The summed E-state index contributed by atoms with van der Waals surface area (Å²) >= 11 is 0. The molecule has 4 aromatic carbocycles. The van der Waals surface area contributed by atoms with Gasteiger partial charge in [-0.25, -0.2) is 0 Å². The van der Waals surface area contributed by atoms with Crippen molar-refractivity contribution >= 4 is 49.3 Å². The number of allylic oxidation sites excluding steroid dienone is 2. The molecule has 0 atom stereocenters. The van der Waals surface area contributed by atoms with Crippen LogP contribution in [0.3, 0.4) is 0 Å². The fourth-order valence-electron chi connectivity index (χ4n) is 6.42. The third-order valence-corrected chi connectivity index (χ3v) is 10.9. The Bertz CT molecular complexity index is 2130. The van der Waals surface area contributed by atoms with Gasteiger partial charge in [0.1, 0.15) is 16.9 Å². The molecule has 0 fully saturated rings. The molecule has 0 aliphatic rings. The molecule has 0 saturated heterocycles. The standard InChI is InChI=1S/C29H22NO.C15H28O2.Ir/c1-17(2)25-16-21(15-20-12-11-19-8-4-5-9-22(19)26(20)25)27-29-24(13-14-30-27)23-10-6-7-18(3)28(23)31-29;1-7-14(5,8-2)12(16)11-13(17)15(6,9-3)10-4;/h4-14,16-17H,1-3H3;11,16H,7-10H2,1-6H3;/q-1;;/b;12-11-;. The maximum absolute atomic E-state index is 12.2. The molecule has 49 heavy (non-hydrogen) atoms. The zero-order valence-electron chi connectivity index (χ0n) is 30.5. The van der Waals surface area contributed by atoms with Crippen molar-refractivity contribution in [3.63, 3.8) is 0 Å². The van der Waals surface area contributed by atoms with Gasteiger partial charge in [-0.05, 0) is 60.9 Å². The Morgan fingerprint density at radius 1 is 0.857 bits per heavy atom. The molecule has 0 aliphatic carbocycles. The molecule has 6 aromatic rings. The van der Waals surface area contributed by atoms with Crippen LogP contribution in [-0.2, 0) is 24.9 Å². The molecule has 0 spiro atoms. The summed E-state index contributed by atoms with van der Waals surface area (Å²) in [7, 11) is 0. The minimum atomic E-state index is -0.337. The van der Waals surface area contributed by atoms with Crippen LogP contribution >= 0.6 is 0 Å². The van der Waals surface area contributed by atoms with Crippen molar-refractivity contribution in [2.75, 3.05) is 0 Å². The molecule has 0 bridgehead atoms. The first-order valence-corrected chi connectivity index (χ1v) is 17.5. The molecule has 1 radical (unpaired) electrons. The number of fused-ring (bicyclic) bond motifs is 6. The van der Waals surface area contributed by atoms with E-state index in [0.29, 0.717) is 5.92 Å². The van der Waals surface area contributed by atoms with Crippen LogP contribution < -0.4 is 0 Å². The number of carbonyl (C=O) groups is 1. The monoisotopic (exact) mass is 833 g/mol. The fraction of sp³-hybridized carbons (Fsp3) is 0.364. The maximum atomic E-state index is 12.2. The number of pyridine rings is 1. The molecule has 1 N–H and O–H groups in total. The van der Waals surface area contributed by atoms with Crippen molar-refractivity contribution in [2.45, 2.75) is 93.9 Å². The molecule has 0 saturated carbocycles. The van der Waals surface area contributed by atoms with Gasteiger partial charge in [0.2, 0.25) is 0 Å². The van der Waals surface area contributed by atoms with Gasteiger partial charge in [-0.2, -0.15) is 0 Å². The third-order valence-electron chi connectivity index (χ3n) is 10.9. The van der Waals surface area contributed by atoms with E-state index in [2.05, 4.69) is 87.5 Å². The van der Waals surface area contributed by atoms with E-state index in [4.69, 9.17) is 9.40 Å². The second-order valence-corrected chi connectivity index (χ2v) is 14.0. The van der Waals surface area contributed by atoms with E-state index in [0.717, 1.165) is 69.8 Å². The van der Waals surface area contributed by atoms with Crippen LogP contribution in [0.2, 0.25) is 0 Å². The van der Waals surface area contributed by atoms with Crippen LogP contribution in [0.4, 0.5) is 0 Å². The predicted molar refractivity (Wildman–Crippen MR) is 203 cm³/mol. The average Bonchev–Trinajstić information content (AvgIpc) is 3.50. The number of ketones is 1. The fourth-order valence-corrected chi connectivity index (χ4v) is 6.42.